The quantitative estimate of drug-likeness (QED) is 0.706. The van der Waals surface area contributed by atoms with Crippen molar-refractivity contribution in [1.29, 1.82) is 0 Å². The molecule has 0 aliphatic carbocycles. The summed E-state index contributed by atoms with van der Waals surface area (Å²) in [5.41, 5.74) is 4.08. The molecule has 1 fully saturated rings. The summed E-state index contributed by atoms with van der Waals surface area (Å²) in [4.78, 5) is 34.0. The van der Waals surface area contributed by atoms with Gasteiger partial charge in [-0.1, -0.05) is 44.2 Å². The van der Waals surface area contributed by atoms with Crippen LogP contribution in [-0.4, -0.2) is 52.8 Å². The number of hydrogen-bond acceptors (Lipinski definition) is 3. The summed E-state index contributed by atoms with van der Waals surface area (Å²) in [5.74, 6) is 1.07. The van der Waals surface area contributed by atoms with Gasteiger partial charge in [-0.3, -0.25) is 9.59 Å². The van der Waals surface area contributed by atoms with Crippen molar-refractivity contribution in [2.24, 2.45) is 5.92 Å². The van der Waals surface area contributed by atoms with E-state index in [0.29, 0.717) is 18.9 Å². The van der Waals surface area contributed by atoms with Crippen molar-refractivity contribution < 1.29 is 14.3 Å². The van der Waals surface area contributed by atoms with E-state index in [2.05, 4.69) is 24.9 Å². The summed E-state index contributed by atoms with van der Waals surface area (Å²) in [6, 6.07) is 15.1. The van der Waals surface area contributed by atoms with E-state index < -0.39 is 6.04 Å². The van der Waals surface area contributed by atoms with Gasteiger partial charge in [0.1, 0.15) is 11.8 Å². The Morgan fingerprint density at radius 2 is 1.94 bits per heavy atom. The van der Waals surface area contributed by atoms with Crippen LogP contribution in [0.5, 0.6) is 5.75 Å². The molecule has 3 aromatic rings. The molecule has 6 nitrogen and oxygen atoms in total. The minimum absolute atomic E-state index is 0.0117. The van der Waals surface area contributed by atoms with Crippen LogP contribution in [0.2, 0.25) is 0 Å². The zero-order valence-electron chi connectivity index (χ0n) is 18.1. The van der Waals surface area contributed by atoms with Crippen LogP contribution in [0.3, 0.4) is 0 Å². The maximum absolute atomic E-state index is 13.5. The molecule has 0 radical (unpaired) electrons. The number of amides is 2. The van der Waals surface area contributed by atoms with E-state index in [1.54, 1.807) is 16.9 Å². The number of aromatic amines is 1. The van der Waals surface area contributed by atoms with Crippen molar-refractivity contribution in [3.05, 3.63) is 65.4 Å². The number of carbonyl (C=O) groups excluding carboxylic acids is 2. The SMILES string of the molecule is COc1cccc([C@H]2c3[nH]c4ccccc4c3C[C@H]3C(=O)N(CC(C)C)CC(=O)N23)c1. The Morgan fingerprint density at radius 1 is 1.13 bits per heavy atom. The van der Waals surface area contributed by atoms with Crippen molar-refractivity contribution in [3.8, 4) is 5.75 Å². The number of nitrogens with zero attached hydrogens (tertiary/aromatic N) is 2. The number of ether oxygens (including phenoxy) is 1. The third-order valence-corrected chi connectivity index (χ3v) is 6.34. The number of H-pyrrole nitrogens is 1. The van der Waals surface area contributed by atoms with Gasteiger partial charge in [-0.2, -0.15) is 0 Å². The summed E-state index contributed by atoms with van der Waals surface area (Å²) in [6.45, 7) is 4.87. The number of rotatable bonds is 4. The Hall–Kier alpha value is -3.28. The molecule has 2 aliphatic rings. The van der Waals surface area contributed by atoms with Crippen molar-refractivity contribution in [2.75, 3.05) is 20.2 Å². The second-order valence-corrected chi connectivity index (χ2v) is 8.88. The van der Waals surface area contributed by atoms with Crippen LogP contribution in [0.1, 0.15) is 36.7 Å². The predicted molar refractivity (Wildman–Crippen MR) is 119 cm³/mol. The first-order valence-electron chi connectivity index (χ1n) is 10.8. The number of fused-ring (bicyclic) bond motifs is 4. The lowest BCUT2D eigenvalue weighted by molar-refractivity contribution is -0.159. The zero-order chi connectivity index (χ0) is 21.7. The van der Waals surface area contributed by atoms with Gasteiger partial charge >= 0.3 is 0 Å². The Bertz CT molecular complexity index is 1170. The normalized spacial score (nSPS) is 20.9. The van der Waals surface area contributed by atoms with Gasteiger partial charge in [-0.15, -0.1) is 0 Å². The maximum atomic E-state index is 13.5. The van der Waals surface area contributed by atoms with Crippen LogP contribution in [0.25, 0.3) is 10.9 Å². The summed E-state index contributed by atoms with van der Waals surface area (Å²) in [5, 5.41) is 1.12. The third kappa shape index (κ3) is 3.17. The molecule has 3 heterocycles. The van der Waals surface area contributed by atoms with Crippen molar-refractivity contribution >= 4 is 22.7 Å². The largest absolute Gasteiger partial charge is 0.497 e. The number of aromatic nitrogens is 1. The molecular formula is C25H27N3O3. The van der Waals surface area contributed by atoms with Gasteiger partial charge in [0, 0.05) is 29.6 Å². The first kappa shape index (κ1) is 19.7. The minimum atomic E-state index is -0.497. The number of piperazine rings is 1. The number of carbonyl (C=O) groups is 2. The number of para-hydroxylation sites is 1. The lowest BCUT2D eigenvalue weighted by Gasteiger charge is -2.47. The van der Waals surface area contributed by atoms with Gasteiger partial charge in [-0.25, -0.2) is 0 Å². The Balaban J connectivity index is 1.68. The molecule has 0 unspecified atom stereocenters. The molecule has 2 aromatic carbocycles. The van der Waals surface area contributed by atoms with E-state index in [0.717, 1.165) is 33.5 Å². The highest BCUT2D eigenvalue weighted by molar-refractivity contribution is 5.97. The van der Waals surface area contributed by atoms with Gasteiger partial charge in [0.15, 0.2) is 0 Å². The highest BCUT2D eigenvalue weighted by Gasteiger charge is 2.48. The smallest absolute Gasteiger partial charge is 0.246 e. The highest BCUT2D eigenvalue weighted by atomic mass is 16.5. The third-order valence-electron chi connectivity index (χ3n) is 6.34. The fourth-order valence-corrected chi connectivity index (χ4v) is 5.08. The Morgan fingerprint density at radius 3 is 2.71 bits per heavy atom. The van der Waals surface area contributed by atoms with Gasteiger partial charge in [0.05, 0.1) is 19.7 Å². The monoisotopic (exact) mass is 417 g/mol. The van der Waals surface area contributed by atoms with Gasteiger partial charge < -0.3 is 19.5 Å². The highest BCUT2D eigenvalue weighted by Crippen LogP contribution is 2.43. The summed E-state index contributed by atoms with van der Waals surface area (Å²) in [7, 11) is 1.64. The molecule has 5 rings (SSSR count). The van der Waals surface area contributed by atoms with E-state index >= 15 is 0 Å². The van der Waals surface area contributed by atoms with E-state index in [9.17, 15) is 9.59 Å². The maximum Gasteiger partial charge on any atom is 0.246 e. The number of benzene rings is 2. The molecule has 2 amide bonds. The average molecular weight is 418 g/mol. The molecule has 1 aromatic heterocycles. The van der Waals surface area contributed by atoms with Crippen LogP contribution in [0.15, 0.2) is 48.5 Å². The zero-order valence-corrected chi connectivity index (χ0v) is 18.1. The van der Waals surface area contributed by atoms with Gasteiger partial charge in [0.25, 0.3) is 0 Å². The van der Waals surface area contributed by atoms with E-state index in [-0.39, 0.29) is 24.4 Å². The molecule has 2 atom stereocenters. The molecule has 160 valence electrons. The van der Waals surface area contributed by atoms with Gasteiger partial charge in [0.2, 0.25) is 11.8 Å². The summed E-state index contributed by atoms with van der Waals surface area (Å²) < 4.78 is 5.45. The minimum Gasteiger partial charge on any atom is -0.497 e. The van der Waals surface area contributed by atoms with Crippen LogP contribution in [-0.2, 0) is 16.0 Å². The number of methoxy groups -OCH3 is 1. The molecular weight excluding hydrogens is 390 g/mol. The number of hydrogen-bond donors (Lipinski definition) is 1. The lowest BCUT2D eigenvalue weighted by atomic mass is 9.86. The molecule has 1 N–H and O–H groups in total. The topological polar surface area (TPSA) is 65.6 Å². The van der Waals surface area contributed by atoms with Crippen LogP contribution in [0, 0.1) is 5.92 Å². The van der Waals surface area contributed by atoms with E-state index in [4.69, 9.17) is 4.74 Å². The average Bonchev–Trinajstić information content (AvgIpc) is 3.14. The first-order chi connectivity index (χ1) is 15.0. The second kappa shape index (κ2) is 7.45. The Labute approximate surface area is 181 Å². The standard InChI is InChI=1S/C25H27N3O3/c1-15(2)13-27-14-22(29)28-21(25(27)30)12-19-18-9-4-5-10-20(18)26-23(19)24(28)16-7-6-8-17(11-16)31-3/h4-11,15,21,24,26H,12-14H2,1-3H3/t21-,24-/m0/s1. The molecule has 0 bridgehead atoms. The molecule has 6 heteroatoms. The molecule has 0 spiro atoms. The van der Waals surface area contributed by atoms with Crippen molar-refractivity contribution in [2.45, 2.75) is 32.4 Å². The molecule has 0 saturated carbocycles. The van der Waals surface area contributed by atoms with Crippen molar-refractivity contribution in [1.82, 2.24) is 14.8 Å². The predicted octanol–water partition coefficient (Wildman–Crippen LogP) is 3.52. The second-order valence-electron chi connectivity index (χ2n) is 8.88. The van der Waals surface area contributed by atoms with Crippen LogP contribution in [0.4, 0.5) is 0 Å². The molecule has 1 saturated heterocycles. The summed E-state index contributed by atoms with van der Waals surface area (Å²) >= 11 is 0. The van der Waals surface area contributed by atoms with Crippen LogP contribution >= 0.6 is 0 Å². The first-order valence-corrected chi connectivity index (χ1v) is 10.8. The molecule has 31 heavy (non-hydrogen) atoms. The fourth-order valence-electron chi connectivity index (χ4n) is 5.08. The number of nitrogens with one attached hydrogen (secondary N) is 1. The lowest BCUT2D eigenvalue weighted by Crippen LogP contribution is -2.63. The molecule has 2 aliphatic heterocycles. The van der Waals surface area contributed by atoms with Crippen LogP contribution < -0.4 is 4.74 Å². The van der Waals surface area contributed by atoms with E-state index in [1.165, 1.54) is 0 Å². The fraction of sp³-hybridized carbons (Fsp3) is 0.360. The summed E-state index contributed by atoms with van der Waals surface area (Å²) in [6.07, 6.45) is 0.527. The van der Waals surface area contributed by atoms with E-state index in [1.807, 2.05) is 42.5 Å². The van der Waals surface area contributed by atoms with Gasteiger partial charge in [-0.05, 0) is 35.2 Å². The Kier molecular flexibility index (Phi) is 4.73. The van der Waals surface area contributed by atoms with Crippen molar-refractivity contribution in [3.63, 3.8) is 0 Å².